The van der Waals surface area contributed by atoms with Crippen LogP contribution in [0.3, 0.4) is 0 Å². The van der Waals surface area contributed by atoms with Crippen LogP contribution in [0.5, 0.6) is 5.75 Å². The molecule has 0 bridgehead atoms. The number of nitrogens with one attached hydrogen (secondary N) is 1. The van der Waals surface area contributed by atoms with Crippen molar-refractivity contribution in [3.63, 3.8) is 0 Å². The molecule has 1 saturated heterocycles. The molecule has 162 valence electrons. The summed E-state index contributed by atoms with van der Waals surface area (Å²) in [7, 11) is 0. The molecule has 0 atom stereocenters. The highest BCUT2D eigenvalue weighted by Crippen LogP contribution is 2.30. The van der Waals surface area contributed by atoms with E-state index in [-0.39, 0.29) is 12.1 Å². The highest BCUT2D eigenvalue weighted by molar-refractivity contribution is 9.10. The third-order valence-electron chi connectivity index (χ3n) is 5.00. The van der Waals surface area contributed by atoms with Crippen LogP contribution in [0.2, 0.25) is 0 Å². The first-order valence-corrected chi connectivity index (χ1v) is 11.3. The maximum Gasteiger partial charge on any atom is 0.407 e. The van der Waals surface area contributed by atoms with E-state index in [1.807, 2.05) is 51.1 Å². The molecule has 0 spiro atoms. The molecule has 1 aliphatic heterocycles. The first-order chi connectivity index (χ1) is 14.3. The van der Waals surface area contributed by atoms with Crippen molar-refractivity contribution in [2.75, 3.05) is 13.1 Å². The lowest BCUT2D eigenvalue weighted by Crippen LogP contribution is -2.45. The number of piperidine rings is 1. The van der Waals surface area contributed by atoms with E-state index >= 15 is 0 Å². The number of carbonyl (C=O) groups excluding carboxylic acids is 1. The molecular formula is C24H31BrN2O3. The molecular weight excluding hydrogens is 444 g/mol. The Morgan fingerprint density at radius 1 is 1.10 bits per heavy atom. The molecule has 2 aromatic rings. The topological polar surface area (TPSA) is 50.8 Å². The van der Waals surface area contributed by atoms with Crippen LogP contribution in [0.1, 0.15) is 44.7 Å². The fourth-order valence-electron chi connectivity index (χ4n) is 3.50. The monoisotopic (exact) mass is 474 g/mol. The smallest absolute Gasteiger partial charge is 0.407 e. The van der Waals surface area contributed by atoms with Gasteiger partial charge in [-0.3, -0.25) is 4.90 Å². The number of hydrogen-bond donors (Lipinski definition) is 1. The second kappa shape index (κ2) is 10.3. The normalized spacial score (nSPS) is 15.6. The van der Waals surface area contributed by atoms with Crippen molar-refractivity contribution in [1.82, 2.24) is 10.2 Å². The third kappa shape index (κ3) is 7.03. The Balaban J connectivity index is 1.54. The van der Waals surface area contributed by atoms with E-state index in [0.29, 0.717) is 6.61 Å². The van der Waals surface area contributed by atoms with Crippen LogP contribution in [0.15, 0.2) is 53.0 Å². The van der Waals surface area contributed by atoms with Crippen molar-refractivity contribution >= 4 is 22.0 Å². The van der Waals surface area contributed by atoms with Gasteiger partial charge in [-0.25, -0.2) is 4.79 Å². The Kier molecular flexibility index (Phi) is 7.78. The van der Waals surface area contributed by atoms with E-state index in [2.05, 4.69) is 44.3 Å². The van der Waals surface area contributed by atoms with Crippen LogP contribution in [0.25, 0.3) is 0 Å². The van der Waals surface area contributed by atoms with Gasteiger partial charge in [0.15, 0.2) is 0 Å². The predicted molar refractivity (Wildman–Crippen MR) is 123 cm³/mol. The van der Waals surface area contributed by atoms with Crippen LogP contribution >= 0.6 is 15.9 Å². The molecule has 0 radical (unpaired) electrons. The summed E-state index contributed by atoms with van der Waals surface area (Å²) in [5.41, 5.74) is 1.84. The lowest BCUT2D eigenvalue weighted by atomic mass is 10.0. The summed E-state index contributed by atoms with van der Waals surface area (Å²) in [4.78, 5) is 14.4. The number of ether oxygens (including phenoxy) is 2. The number of benzene rings is 2. The van der Waals surface area contributed by atoms with Crippen LogP contribution in [0.4, 0.5) is 4.79 Å². The number of halogens is 1. The fourth-order valence-corrected chi connectivity index (χ4v) is 3.97. The molecule has 5 nitrogen and oxygen atoms in total. The van der Waals surface area contributed by atoms with Gasteiger partial charge in [0, 0.05) is 35.7 Å². The summed E-state index contributed by atoms with van der Waals surface area (Å²) in [6.07, 6.45) is 1.48. The van der Waals surface area contributed by atoms with E-state index in [4.69, 9.17) is 9.47 Å². The molecule has 1 fully saturated rings. The predicted octanol–water partition coefficient (Wildman–Crippen LogP) is 5.52. The summed E-state index contributed by atoms with van der Waals surface area (Å²) in [6.45, 7) is 8.83. The minimum absolute atomic E-state index is 0.157. The molecule has 0 aromatic heterocycles. The van der Waals surface area contributed by atoms with Gasteiger partial charge in [-0.15, -0.1) is 0 Å². The van der Waals surface area contributed by atoms with Crippen LogP contribution in [0, 0.1) is 0 Å². The van der Waals surface area contributed by atoms with Crippen molar-refractivity contribution in [1.29, 1.82) is 0 Å². The van der Waals surface area contributed by atoms with Crippen molar-refractivity contribution in [3.8, 4) is 5.75 Å². The quantitative estimate of drug-likeness (QED) is 0.598. The maximum atomic E-state index is 12.0. The average Bonchev–Trinajstić information content (AvgIpc) is 2.69. The molecule has 1 aliphatic rings. The summed E-state index contributed by atoms with van der Waals surface area (Å²) >= 11 is 3.69. The highest BCUT2D eigenvalue weighted by atomic mass is 79.9. The summed E-state index contributed by atoms with van der Waals surface area (Å²) in [5.74, 6) is 0.905. The maximum absolute atomic E-state index is 12.0. The number of likely N-dealkylation sites (tertiary alicyclic amines) is 1. The lowest BCUT2D eigenvalue weighted by molar-refractivity contribution is 0.0477. The zero-order chi connectivity index (χ0) is 21.6. The van der Waals surface area contributed by atoms with Gasteiger partial charge in [-0.05, 0) is 51.3 Å². The molecule has 6 heteroatoms. The number of nitrogens with zero attached hydrogens (tertiary/aromatic N) is 1. The second-order valence-electron chi connectivity index (χ2n) is 8.69. The third-order valence-corrected chi connectivity index (χ3v) is 5.75. The second-order valence-corrected chi connectivity index (χ2v) is 9.54. The summed E-state index contributed by atoms with van der Waals surface area (Å²) in [6, 6.07) is 16.4. The van der Waals surface area contributed by atoms with Crippen molar-refractivity contribution in [2.24, 2.45) is 0 Å². The van der Waals surface area contributed by atoms with Gasteiger partial charge in [-0.1, -0.05) is 52.3 Å². The summed E-state index contributed by atoms with van der Waals surface area (Å²) < 4.78 is 12.6. The molecule has 0 unspecified atom stereocenters. The van der Waals surface area contributed by atoms with Gasteiger partial charge < -0.3 is 14.8 Å². The molecule has 2 aromatic carbocycles. The first-order valence-electron chi connectivity index (χ1n) is 10.5. The summed E-state index contributed by atoms with van der Waals surface area (Å²) in [5, 5.41) is 3.00. The standard InChI is InChI=1S/C24H31BrN2O3/c1-24(2,3)30-23(28)26-19-12-14-27(15-13-19)16-20-21(25)10-7-11-22(20)29-17-18-8-5-4-6-9-18/h4-11,19H,12-17H2,1-3H3,(H,26,28). The number of amides is 1. The molecule has 30 heavy (non-hydrogen) atoms. The van der Waals surface area contributed by atoms with E-state index in [9.17, 15) is 4.79 Å². The molecule has 1 amide bonds. The Morgan fingerprint density at radius 3 is 2.47 bits per heavy atom. The fraction of sp³-hybridized carbons (Fsp3) is 0.458. The molecule has 1 N–H and O–H groups in total. The SMILES string of the molecule is CC(C)(C)OC(=O)NC1CCN(Cc2c(Br)cccc2OCc2ccccc2)CC1. The lowest BCUT2D eigenvalue weighted by Gasteiger charge is -2.33. The van der Waals surface area contributed by atoms with E-state index in [1.54, 1.807) is 0 Å². The Bertz CT molecular complexity index is 828. The van der Waals surface area contributed by atoms with Crippen LogP contribution < -0.4 is 10.1 Å². The molecule has 3 rings (SSSR count). The van der Waals surface area contributed by atoms with Crippen LogP contribution in [-0.4, -0.2) is 35.7 Å². The zero-order valence-electron chi connectivity index (χ0n) is 18.0. The minimum atomic E-state index is -0.472. The number of alkyl carbamates (subject to hydrolysis) is 1. The Labute approximate surface area is 187 Å². The largest absolute Gasteiger partial charge is 0.489 e. The van der Waals surface area contributed by atoms with Gasteiger partial charge >= 0.3 is 6.09 Å². The van der Waals surface area contributed by atoms with Crippen molar-refractivity contribution < 1.29 is 14.3 Å². The molecule has 0 saturated carbocycles. The van der Waals surface area contributed by atoms with E-state index in [0.717, 1.165) is 53.8 Å². The number of carbonyl (C=O) groups is 1. The van der Waals surface area contributed by atoms with Crippen molar-refractivity contribution in [2.45, 2.75) is 58.4 Å². The van der Waals surface area contributed by atoms with E-state index < -0.39 is 5.60 Å². The Morgan fingerprint density at radius 2 is 1.80 bits per heavy atom. The van der Waals surface area contributed by atoms with Gasteiger partial charge in [0.25, 0.3) is 0 Å². The van der Waals surface area contributed by atoms with E-state index in [1.165, 1.54) is 0 Å². The molecule has 0 aliphatic carbocycles. The van der Waals surface area contributed by atoms with Gasteiger partial charge in [-0.2, -0.15) is 0 Å². The van der Waals surface area contributed by atoms with Crippen molar-refractivity contribution in [3.05, 3.63) is 64.1 Å². The highest BCUT2D eigenvalue weighted by Gasteiger charge is 2.24. The first kappa shape index (κ1) is 22.6. The molecule has 1 heterocycles. The number of hydrogen-bond acceptors (Lipinski definition) is 4. The van der Waals surface area contributed by atoms with Gasteiger partial charge in [0.2, 0.25) is 0 Å². The number of rotatable bonds is 6. The average molecular weight is 475 g/mol. The van der Waals surface area contributed by atoms with Gasteiger partial charge in [0.1, 0.15) is 18.0 Å². The zero-order valence-corrected chi connectivity index (χ0v) is 19.6. The minimum Gasteiger partial charge on any atom is -0.489 e. The Hall–Kier alpha value is -2.05. The van der Waals surface area contributed by atoms with Crippen LogP contribution in [-0.2, 0) is 17.9 Å². The van der Waals surface area contributed by atoms with Gasteiger partial charge in [0.05, 0.1) is 0 Å².